The molecule has 3 rings (SSSR count). The summed E-state index contributed by atoms with van der Waals surface area (Å²) in [6, 6.07) is 17.2. The molecule has 27 heavy (non-hydrogen) atoms. The summed E-state index contributed by atoms with van der Waals surface area (Å²) in [5.74, 6) is 0. The fraction of sp³-hybridized carbons (Fsp3) is 0.400. The van der Waals surface area contributed by atoms with Crippen LogP contribution in [0.5, 0.6) is 0 Å². The molecular formula is C20H27N3O3S. The summed E-state index contributed by atoms with van der Waals surface area (Å²) in [6.07, 6.45) is 0. The molecule has 0 aliphatic carbocycles. The average molecular weight is 390 g/mol. The van der Waals surface area contributed by atoms with E-state index in [1.807, 2.05) is 73.6 Å². The van der Waals surface area contributed by atoms with Crippen molar-refractivity contribution in [3.05, 3.63) is 65.7 Å². The molecule has 2 aromatic carbocycles. The van der Waals surface area contributed by atoms with Crippen LogP contribution in [-0.4, -0.2) is 57.8 Å². The quantitative estimate of drug-likeness (QED) is 0.760. The van der Waals surface area contributed by atoms with Crippen LogP contribution >= 0.6 is 0 Å². The van der Waals surface area contributed by atoms with Crippen molar-refractivity contribution in [3.8, 4) is 0 Å². The molecular weight excluding hydrogens is 362 g/mol. The van der Waals surface area contributed by atoms with Crippen molar-refractivity contribution in [1.82, 2.24) is 9.37 Å². The van der Waals surface area contributed by atoms with Crippen LogP contribution in [-0.2, 0) is 21.4 Å². The molecule has 1 aliphatic rings. The highest BCUT2D eigenvalue weighted by atomic mass is 32.2. The van der Waals surface area contributed by atoms with Gasteiger partial charge in [0.1, 0.15) is 5.25 Å². The van der Waals surface area contributed by atoms with E-state index in [2.05, 4.69) is 0 Å². The molecule has 1 aliphatic heterocycles. The van der Waals surface area contributed by atoms with Crippen LogP contribution in [0.2, 0.25) is 0 Å². The van der Waals surface area contributed by atoms with Crippen molar-refractivity contribution < 1.29 is 13.3 Å². The zero-order valence-electron chi connectivity index (χ0n) is 16.2. The van der Waals surface area contributed by atoms with E-state index in [9.17, 15) is 8.42 Å². The van der Waals surface area contributed by atoms with Gasteiger partial charge in [0.25, 0.3) is 0 Å². The summed E-state index contributed by atoms with van der Waals surface area (Å²) >= 11 is 0. The molecule has 2 aromatic rings. The Kier molecular flexibility index (Phi) is 5.86. The van der Waals surface area contributed by atoms with Gasteiger partial charge in [-0.15, -0.1) is 0 Å². The maximum atomic E-state index is 13.3. The Morgan fingerprint density at radius 1 is 1.04 bits per heavy atom. The Balaban J connectivity index is 1.84. The molecule has 0 bridgehead atoms. The molecule has 0 aromatic heterocycles. The molecule has 0 unspecified atom stereocenters. The van der Waals surface area contributed by atoms with Gasteiger partial charge in [-0.1, -0.05) is 42.5 Å². The minimum Gasteiger partial charge on any atom is -0.378 e. The zero-order chi connectivity index (χ0) is 19.6. The molecule has 1 saturated heterocycles. The summed E-state index contributed by atoms with van der Waals surface area (Å²) in [5, 5.41) is 1.00. The lowest BCUT2D eigenvalue weighted by molar-refractivity contribution is -0.110. The number of nitrogens with zero attached hydrogens (tertiary/aromatic N) is 3. The smallest absolute Gasteiger partial charge is 0.221 e. The van der Waals surface area contributed by atoms with E-state index in [1.165, 1.54) is 4.31 Å². The average Bonchev–Trinajstić information content (AvgIpc) is 3.05. The minimum atomic E-state index is -3.54. The second-order valence-electron chi connectivity index (χ2n) is 7.10. The van der Waals surface area contributed by atoms with Crippen LogP contribution in [0.15, 0.2) is 54.6 Å². The number of hydrogen-bond acceptors (Lipinski definition) is 5. The largest absolute Gasteiger partial charge is 0.378 e. The van der Waals surface area contributed by atoms with E-state index in [0.717, 1.165) is 16.8 Å². The lowest BCUT2D eigenvalue weighted by Crippen LogP contribution is -2.40. The van der Waals surface area contributed by atoms with Gasteiger partial charge in [-0.25, -0.2) is 12.7 Å². The van der Waals surface area contributed by atoms with Crippen molar-refractivity contribution in [3.63, 3.8) is 0 Å². The molecule has 0 spiro atoms. The van der Waals surface area contributed by atoms with Gasteiger partial charge in [-0.05, 0) is 23.3 Å². The van der Waals surface area contributed by atoms with Gasteiger partial charge in [-0.2, -0.15) is 5.06 Å². The van der Waals surface area contributed by atoms with Crippen molar-refractivity contribution in [2.75, 3.05) is 39.7 Å². The molecule has 0 amide bonds. The second-order valence-corrected chi connectivity index (χ2v) is 9.36. The number of sulfonamides is 1. The number of anilines is 1. The Hall–Kier alpha value is -1.93. The lowest BCUT2D eigenvalue weighted by Gasteiger charge is -2.27. The maximum Gasteiger partial charge on any atom is 0.221 e. The van der Waals surface area contributed by atoms with E-state index >= 15 is 0 Å². The first-order valence-electron chi connectivity index (χ1n) is 8.93. The van der Waals surface area contributed by atoms with Crippen molar-refractivity contribution in [2.45, 2.75) is 17.8 Å². The first-order chi connectivity index (χ1) is 12.8. The SMILES string of the molecule is CN(C)c1ccc([C@@H]2[C@H](S(=O)(=O)N(C)Cc3ccccc3)CON2C)cc1. The highest BCUT2D eigenvalue weighted by Gasteiger charge is 2.44. The molecule has 146 valence electrons. The van der Waals surface area contributed by atoms with Crippen LogP contribution in [0, 0.1) is 0 Å². The number of hydrogen-bond donors (Lipinski definition) is 0. The molecule has 1 heterocycles. The number of hydroxylamine groups is 2. The first kappa shape index (κ1) is 19.8. The number of benzene rings is 2. The summed E-state index contributed by atoms with van der Waals surface area (Å²) in [7, 11) is 3.84. The third kappa shape index (κ3) is 4.16. The fourth-order valence-corrected chi connectivity index (χ4v) is 5.08. The van der Waals surface area contributed by atoms with Crippen LogP contribution in [0.1, 0.15) is 17.2 Å². The third-order valence-corrected chi connectivity index (χ3v) is 7.16. The van der Waals surface area contributed by atoms with E-state index in [0.29, 0.717) is 6.54 Å². The number of rotatable bonds is 6. The molecule has 7 heteroatoms. The van der Waals surface area contributed by atoms with E-state index < -0.39 is 15.3 Å². The molecule has 1 fully saturated rings. The van der Waals surface area contributed by atoms with Gasteiger partial charge in [0.2, 0.25) is 10.0 Å². The predicted molar refractivity (Wildman–Crippen MR) is 108 cm³/mol. The van der Waals surface area contributed by atoms with Crippen LogP contribution in [0.3, 0.4) is 0 Å². The summed E-state index contributed by atoms with van der Waals surface area (Å²) < 4.78 is 27.9. The molecule has 2 atom stereocenters. The Morgan fingerprint density at radius 3 is 2.26 bits per heavy atom. The van der Waals surface area contributed by atoms with Gasteiger partial charge < -0.3 is 4.90 Å². The topological polar surface area (TPSA) is 53.1 Å². The van der Waals surface area contributed by atoms with Gasteiger partial charge in [-0.3, -0.25) is 4.84 Å². The van der Waals surface area contributed by atoms with Crippen molar-refractivity contribution in [2.24, 2.45) is 0 Å². The first-order valence-corrected chi connectivity index (χ1v) is 10.4. The van der Waals surface area contributed by atoms with Gasteiger partial charge in [0.15, 0.2) is 0 Å². The monoisotopic (exact) mass is 389 g/mol. The predicted octanol–water partition coefficient (Wildman–Crippen LogP) is 2.50. The Morgan fingerprint density at radius 2 is 1.67 bits per heavy atom. The standard InChI is InChI=1S/C20H27N3O3S/c1-21(2)18-12-10-17(11-13-18)20-19(15-26-23(20)4)27(24,25)22(3)14-16-8-6-5-7-9-16/h5-13,19-20H,14-15H2,1-4H3/t19-,20-/m1/s1. The van der Waals surface area contributed by atoms with Crippen LogP contribution in [0.4, 0.5) is 5.69 Å². The molecule has 0 N–H and O–H groups in total. The Labute approximate surface area is 162 Å². The Bertz CT molecular complexity index is 854. The summed E-state index contributed by atoms with van der Waals surface area (Å²) in [6.45, 7) is 0.494. The highest BCUT2D eigenvalue weighted by molar-refractivity contribution is 7.89. The van der Waals surface area contributed by atoms with E-state index in [-0.39, 0.29) is 12.6 Å². The van der Waals surface area contributed by atoms with Crippen LogP contribution in [0.25, 0.3) is 0 Å². The normalized spacial score (nSPS) is 20.9. The van der Waals surface area contributed by atoms with Gasteiger partial charge in [0, 0.05) is 40.4 Å². The second kappa shape index (κ2) is 7.98. The van der Waals surface area contributed by atoms with Gasteiger partial charge >= 0.3 is 0 Å². The zero-order valence-corrected chi connectivity index (χ0v) is 17.1. The highest BCUT2D eigenvalue weighted by Crippen LogP contribution is 2.35. The lowest BCUT2D eigenvalue weighted by atomic mass is 10.0. The summed E-state index contributed by atoms with van der Waals surface area (Å²) in [4.78, 5) is 7.63. The maximum absolute atomic E-state index is 13.3. The van der Waals surface area contributed by atoms with Crippen molar-refractivity contribution >= 4 is 15.7 Å². The molecule has 0 saturated carbocycles. The van der Waals surface area contributed by atoms with Crippen LogP contribution < -0.4 is 4.90 Å². The van der Waals surface area contributed by atoms with E-state index in [1.54, 1.807) is 19.2 Å². The fourth-order valence-electron chi connectivity index (χ4n) is 3.40. The van der Waals surface area contributed by atoms with Gasteiger partial charge in [0.05, 0.1) is 12.6 Å². The minimum absolute atomic E-state index is 0.151. The molecule has 0 radical (unpaired) electrons. The third-order valence-electron chi connectivity index (χ3n) is 5.00. The summed E-state index contributed by atoms with van der Waals surface area (Å²) in [5.41, 5.74) is 2.96. The van der Waals surface area contributed by atoms with E-state index in [4.69, 9.17) is 4.84 Å². The molecule has 6 nitrogen and oxygen atoms in total. The van der Waals surface area contributed by atoms with Crippen molar-refractivity contribution in [1.29, 1.82) is 0 Å².